The van der Waals surface area contributed by atoms with Crippen molar-refractivity contribution in [1.82, 2.24) is 4.98 Å². The highest BCUT2D eigenvalue weighted by Crippen LogP contribution is 2.32. The third-order valence-electron chi connectivity index (χ3n) is 4.39. The van der Waals surface area contributed by atoms with Gasteiger partial charge in [-0.25, -0.2) is 4.79 Å². The summed E-state index contributed by atoms with van der Waals surface area (Å²) in [5, 5.41) is 13.4. The summed E-state index contributed by atoms with van der Waals surface area (Å²) in [6.07, 6.45) is 5.92. The van der Waals surface area contributed by atoms with Gasteiger partial charge in [-0.2, -0.15) is 0 Å². The zero-order chi connectivity index (χ0) is 20.0. The Hall–Kier alpha value is -3.09. The van der Waals surface area contributed by atoms with E-state index in [1.165, 1.54) is 12.1 Å². The number of benzene rings is 1. The molecule has 1 unspecified atom stereocenters. The van der Waals surface area contributed by atoms with Gasteiger partial charge in [0.05, 0.1) is 17.9 Å². The lowest BCUT2D eigenvalue weighted by atomic mass is 9.97. The van der Waals surface area contributed by atoms with E-state index in [0.717, 1.165) is 24.1 Å². The second-order valence-corrected chi connectivity index (χ2v) is 6.96. The molecule has 0 saturated carbocycles. The van der Waals surface area contributed by atoms with Crippen LogP contribution in [0.15, 0.2) is 47.9 Å². The third-order valence-corrected chi connectivity index (χ3v) is 4.39. The van der Waals surface area contributed by atoms with E-state index in [0.29, 0.717) is 24.5 Å². The Labute approximate surface area is 163 Å². The van der Waals surface area contributed by atoms with Crippen LogP contribution in [0.3, 0.4) is 0 Å². The van der Waals surface area contributed by atoms with Gasteiger partial charge in [0.25, 0.3) is 0 Å². The van der Waals surface area contributed by atoms with Crippen LogP contribution in [0.4, 0.5) is 0 Å². The number of hydrogen-bond donors (Lipinski definition) is 1. The van der Waals surface area contributed by atoms with E-state index in [4.69, 9.17) is 14.3 Å². The molecular formula is C21H24N2O5. The molecule has 0 amide bonds. The number of aromatic carboxylic acids is 1. The van der Waals surface area contributed by atoms with Crippen molar-refractivity contribution >= 4 is 11.7 Å². The first-order valence-corrected chi connectivity index (χ1v) is 9.29. The largest absolute Gasteiger partial charge is 0.490 e. The maximum absolute atomic E-state index is 11.3. The van der Waals surface area contributed by atoms with E-state index >= 15 is 0 Å². The standard InChI is InChI=1S/C21H24N2O5/c1-3-4-10-26-18-8-7-15(20(24)25)11-19(18)27-14-21(2)12-17(23-28-21)16-6-5-9-22-13-16/h5-9,11,13H,3-4,10,12,14H2,1-2H3,(H,24,25). The fourth-order valence-corrected chi connectivity index (χ4v) is 2.78. The lowest BCUT2D eigenvalue weighted by molar-refractivity contribution is -0.0362. The van der Waals surface area contributed by atoms with Crippen LogP contribution in [-0.2, 0) is 4.84 Å². The Balaban J connectivity index is 1.69. The van der Waals surface area contributed by atoms with Crippen molar-refractivity contribution in [2.45, 2.75) is 38.7 Å². The predicted octanol–water partition coefficient (Wildman–Crippen LogP) is 3.92. The van der Waals surface area contributed by atoms with E-state index in [1.54, 1.807) is 18.5 Å². The normalized spacial score (nSPS) is 18.3. The number of rotatable bonds is 9. The number of unbranched alkanes of at least 4 members (excludes halogenated alkanes) is 1. The molecule has 1 aliphatic rings. The molecule has 1 aromatic carbocycles. The Kier molecular flexibility index (Phi) is 6.13. The van der Waals surface area contributed by atoms with Gasteiger partial charge in [0.1, 0.15) is 6.61 Å². The van der Waals surface area contributed by atoms with Gasteiger partial charge in [0.2, 0.25) is 0 Å². The summed E-state index contributed by atoms with van der Waals surface area (Å²) in [5.74, 6) is -0.111. The predicted molar refractivity (Wildman–Crippen MR) is 104 cm³/mol. The molecule has 0 spiro atoms. The van der Waals surface area contributed by atoms with E-state index in [9.17, 15) is 9.90 Å². The van der Waals surface area contributed by atoms with Crippen LogP contribution >= 0.6 is 0 Å². The number of aromatic nitrogens is 1. The number of carboxylic acids is 1. The molecule has 1 aromatic heterocycles. The van der Waals surface area contributed by atoms with Gasteiger partial charge in [-0.1, -0.05) is 18.5 Å². The molecule has 0 radical (unpaired) electrons. The lowest BCUT2D eigenvalue weighted by Gasteiger charge is -2.22. The number of nitrogens with zero attached hydrogens (tertiary/aromatic N) is 2. The Bertz CT molecular complexity index is 853. The summed E-state index contributed by atoms with van der Waals surface area (Å²) in [7, 11) is 0. The van der Waals surface area contributed by atoms with Crippen molar-refractivity contribution in [3.05, 3.63) is 53.9 Å². The highest BCUT2D eigenvalue weighted by Gasteiger charge is 2.36. The zero-order valence-corrected chi connectivity index (χ0v) is 16.1. The molecule has 1 atom stereocenters. The van der Waals surface area contributed by atoms with Crippen molar-refractivity contribution in [3.8, 4) is 11.5 Å². The maximum Gasteiger partial charge on any atom is 0.335 e. The minimum Gasteiger partial charge on any atom is -0.490 e. The molecule has 148 valence electrons. The molecule has 0 aliphatic carbocycles. The Morgan fingerprint density at radius 1 is 1.29 bits per heavy atom. The molecular weight excluding hydrogens is 360 g/mol. The topological polar surface area (TPSA) is 90.2 Å². The highest BCUT2D eigenvalue weighted by molar-refractivity contribution is 6.01. The number of hydrogen-bond acceptors (Lipinski definition) is 6. The minimum absolute atomic E-state index is 0.141. The molecule has 2 heterocycles. The van der Waals surface area contributed by atoms with E-state index in [2.05, 4.69) is 17.1 Å². The lowest BCUT2D eigenvalue weighted by Crippen LogP contribution is -2.33. The molecule has 7 nitrogen and oxygen atoms in total. The van der Waals surface area contributed by atoms with Crippen LogP contribution in [0, 0.1) is 0 Å². The Morgan fingerprint density at radius 2 is 2.14 bits per heavy atom. The number of ether oxygens (including phenoxy) is 2. The SMILES string of the molecule is CCCCOc1ccc(C(=O)O)cc1OCC1(C)CC(c2cccnc2)=NO1. The molecule has 2 aromatic rings. The first kappa shape index (κ1) is 19.7. The van der Waals surface area contributed by atoms with Crippen LogP contribution in [0.25, 0.3) is 0 Å². The quantitative estimate of drug-likeness (QED) is 0.659. The summed E-state index contributed by atoms with van der Waals surface area (Å²) in [5.41, 5.74) is 1.19. The monoisotopic (exact) mass is 384 g/mol. The first-order valence-electron chi connectivity index (χ1n) is 9.29. The summed E-state index contributed by atoms with van der Waals surface area (Å²) in [4.78, 5) is 21.0. The molecule has 1 aliphatic heterocycles. The molecule has 0 bridgehead atoms. The summed E-state index contributed by atoms with van der Waals surface area (Å²) < 4.78 is 11.7. The fraction of sp³-hybridized carbons (Fsp3) is 0.381. The van der Waals surface area contributed by atoms with Crippen LogP contribution in [0.1, 0.15) is 49.0 Å². The highest BCUT2D eigenvalue weighted by atomic mass is 16.7. The molecule has 28 heavy (non-hydrogen) atoms. The van der Waals surface area contributed by atoms with Crippen LogP contribution in [0.5, 0.6) is 11.5 Å². The molecule has 0 fully saturated rings. The maximum atomic E-state index is 11.3. The van der Waals surface area contributed by atoms with Gasteiger partial charge in [-0.15, -0.1) is 0 Å². The average Bonchev–Trinajstić information content (AvgIpc) is 3.10. The van der Waals surface area contributed by atoms with E-state index in [-0.39, 0.29) is 12.2 Å². The Morgan fingerprint density at radius 3 is 2.86 bits per heavy atom. The number of carbonyl (C=O) groups is 1. The number of pyridine rings is 1. The molecule has 0 saturated heterocycles. The van der Waals surface area contributed by atoms with Gasteiger partial charge < -0.3 is 19.4 Å². The van der Waals surface area contributed by atoms with Crippen LogP contribution in [0.2, 0.25) is 0 Å². The van der Waals surface area contributed by atoms with Gasteiger partial charge in [0, 0.05) is 24.4 Å². The zero-order valence-electron chi connectivity index (χ0n) is 16.1. The van der Waals surface area contributed by atoms with Gasteiger partial charge in [0.15, 0.2) is 17.1 Å². The fourth-order valence-electron chi connectivity index (χ4n) is 2.78. The number of carboxylic acid groups (broad SMARTS) is 1. The second-order valence-electron chi connectivity index (χ2n) is 6.96. The first-order chi connectivity index (χ1) is 13.5. The third kappa shape index (κ3) is 4.79. The minimum atomic E-state index is -1.02. The molecule has 7 heteroatoms. The van der Waals surface area contributed by atoms with Crippen molar-refractivity contribution in [2.24, 2.45) is 5.16 Å². The van der Waals surface area contributed by atoms with Crippen LogP contribution in [-0.4, -0.2) is 40.6 Å². The van der Waals surface area contributed by atoms with Crippen molar-refractivity contribution < 1.29 is 24.2 Å². The smallest absolute Gasteiger partial charge is 0.335 e. The van der Waals surface area contributed by atoms with Gasteiger partial charge >= 0.3 is 5.97 Å². The molecule has 3 rings (SSSR count). The van der Waals surface area contributed by atoms with Gasteiger partial charge in [-0.05, 0) is 43.7 Å². The van der Waals surface area contributed by atoms with Crippen LogP contribution < -0.4 is 9.47 Å². The average molecular weight is 384 g/mol. The summed E-state index contributed by atoms with van der Waals surface area (Å²) in [6, 6.07) is 8.39. The van der Waals surface area contributed by atoms with Crippen molar-refractivity contribution in [3.63, 3.8) is 0 Å². The van der Waals surface area contributed by atoms with Gasteiger partial charge in [-0.3, -0.25) is 4.98 Å². The summed E-state index contributed by atoms with van der Waals surface area (Å²) >= 11 is 0. The van der Waals surface area contributed by atoms with E-state index < -0.39 is 11.6 Å². The number of oxime groups is 1. The van der Waals surface area contributed by atoms with Crippen molar-refractivity contribution in [2.75, 3.05) is 13.2 Å². The summed E-state index contributed by atoms with van der Waals surface area (Å²) in [6.45, 7) is 4.72. The second kappa shape index (κ2) is 8.73. The molecule has 1 N–H and O–H groups in total. The van der Waals surface area contributed by atoms with Crippen molar-refractivity contribution in [1.29, 1.82) is 0 Å². The van der Waals surface area contributed by atoms with E-state index in [1.807, 2.05) is 19.1 Å².